The number of benzene rings is 1. The summed E-state index contributed by atoms with van der Waals surface area (Å²) in [5.74, 6) is -1.30. The monoisotopic (exact) mass is 262 g/mol. The lowest BCUT2D eigenvalue weighted by Gasteiger charge is -2.34. The number of hydrogen-bond donors (Lipinski definition) is 3. The van der Waals surface area contributed by atoms with Crippen molar-refractivity contribution in [1.29, 1.82) is 0 Å². The number of anilines is 1. The third kappa shape index (κ3) is 2.86. The highest BCUT2D eigenvalue weighted by atomic mass is 16.4. The Balaban J connectivity index is 2.17. The molecule has 1 aliphatic rings. The average molecular weight is 262 g/mol. The molecule has 5 nitrogen and oxygen atoms in total. The Labute approximate surface area is 111 Å². The fraction of sp³-hybridized carbons (Fsp3) is 0.429. The molecular formula is C14H18N2O3. The zero-order valence-corrected chi connectivity index (χ0v) is 10.7. The number of aliphatic carboxylic acids is 1. The second-order valence-electron chi connectivity index (χ2n) is 5.01. The Bertz CT molecular complexity index is 476. The molecule has 1 fully saturated rings. The second-order valence-corrected chi connectivity index (χ2v) is 5.01. The molecule has 1 aromatic rings. The third-order valence-corrected chi connectivity index (χ3v) is 3.67. The number of hydrogen-bond acceptors (Lipinski definition) is 3. The van der Waals surface area contributed by atoms with Crippen LogP contribution in [0.1, 0.15) is 42.5 Å². The molecule has 1 saturated carbocycles. The maximum Gasteiger partial charge on any atom is 0.329 e. The lowest BCUT2D eigenvalue weighted by molar-refractivity contribution is -0.143. The molecule has 5 heteroatoms. The summed E-state index contributed by atoms with van der Waals surface area (Å²) < 4.78 is 0. The van der Waals surface area contributed by atoms with Gasteiger partial charge in [-0.3, -0.25) is 4.79 Å². The fourth-order valence-corrected chi connectivity index (χ4v) is 2.54. The van der Waals surface area contributed by atoms with Crippen molar-refractivity contribution in [3.05, 3.63) is 29.8 Å². The van der Waals surface area contributed by atoms with Crippen molar-refractivity contribution >= 4 is 17.6 Å². The van der Waals surface area contributed by atoms with Crippen LogP contribution in [0.15, 0.2) is 24.3 Å². The van der Waals surface area contributed by atoms with E-state index in [1.54, 1.807) is 24.3 Å². The van der Waals surface area contributed by atoms with E-state index < -0.39 is 17.4 Å². The van der Waals surface area contributed by atoms with Crippen LogP contribution in [-0.2, 0) is 4.79 Å². The SMILES string of the molecule is NC(=O)c1ccc(NC2(C(=O)O)CCCCC2)cc1. The highest BCUT2D eigenvalue weighted by Gasteiger charge is 2.39. The maximum atomic E-state index is 11.5. The Morgan fingerprint density at radius 3 is 2.16 bits per heavy atom. The summed E-state index contributed by atoms with van der Waals surface area (Å²) in [6.07, 6.45) is 4.16. The van der Waals surface area contributed by atoms with E-state index in [4.69, 9.17) is 5.73 Å². The van der Waals surface area contributed by atoms with E-state index in [0.717, 1.165) is 19.3 Å². The molecule has 0 unspecified atom stereocenters. The van der Waals surface area contributed by atoms with Crippen molar-refractivity contribution in [3.63, 3.8) is 0 Å². The summed E-state index contributed by atoms with van der Waals surface area (Å²) >= 11 is 0. The van der Waals surface area contributed by atoms with Crippen molar-refractivity contribution in [2.75, 3.05) is 5.32 Å². The Hall–Kier alpha value is -2.04. The highest BCUT2D eigenvalue weighted by Crippen LogP contribution is 2.32. The molecule has 1 aromatic carbocycles. The minimum absolute atomic E-state index is 0.415. The first kappa shape index (κ1) is 13.4. The molecule has 0 saturated heterocycles. The number of carboxylic acids is 1. The van der Waals surface area contributed by atoms with Gasteiger partial charge in [-0.1, -0.05) is 19.3 Å². The van der Waals surface area contributed by atoms with Gasteiger partial charge in [0.2, 0.25) is 5.91 Å². The zero-order valence-electron chi connectivity index (χ0n) is 10.7. The van der Waals surface area contributed by atoms with Crippen LogP contribution < -0.4 is 11.1 Å². The molecular weight excluding hydrogens is 244 g/mol. The summed E-state index contributed by atoms with van der Waals surface area (Å²) in [5.41, 5.74) is 5.40. The first-order valence-corrected chi connectivity index (χ1v) is 6.45. The molecule has 0 bridgehead atoms. The maximum absolute atomic E-state index is 11.5. The topological polar surface area (TPSA) is 92.4 Å². The van der Waals surface area contributed by atoms with Crippen LogP contribution in [0.5, 0.6) is 0 Å². The number of rotatable bonds is 4. The van der Waals surface area contributed by atoms with Gasteiger partial charge in [0.15, 0.2) is 0 Å². The normalized spacial score (nSPS) is 17.7. The van der Waals surface area contributed by atoms with Crippen molar-refractivity contribution in [2.24, 2.45) is 5.73 Å². The van der Waals surface area contributed by atoms with Gasteiger partial charge < -0.3 is 16.2 Å². The van der Waals surface area contributed by atoms with Gasteiger partial charge in [-0.2, -0.15) is 0 Å². The summed E-state index contributed by atoms with van der Waals surface area (Å²) in [7, 11) is 0. The predicted octanol–water partition coefficient (Wildman–Crippen LogP) is 1.98. The summed E-state index contributed by atoms with van der Waals surface area (Å²) in [6.45, 7) is 0. The molecule has 2 rings (SSSR count). The minimum Gasteiger partial charge on any atom is -0.480 e. The van der Waals surface area contributed by atoms with Crippen LogP contribution >= 0.6 is 0 Å². The predicted molar refractivity (Wildman–Crippen MR) is 72.0 cm³/mol. The van der Waals surface area contributed by atoms with E-state index in [0.29, 0.717) is 24.1 Å². The van der Waals surface area contributed by atoms with Gasteiger partial charge in [-0.15, -0.1) is 0 Å². The summed E-state index contributed by atoms with van der Waals surface area (Å²) in [4.78, 5) is 22.5. The quantitative estimate of drug-likeness (QED) is 0.773. The minimum atomic E-state index is -0.882. The lowest BCUT2D eigenvalue weighted by atomic mass is 9.81. The summed E-state index contributed by atoms with van der Waals surface area (Å²) in [6, 6.07) is 6.59. The van der Waals surface area contributed by atoms with Crippen LogP contribution in [0, 0.1) is 0 Å². The molecule has 102 valence electrons. The standard InChI is InChI=1S/C14H18N2O3/c15-12(17)10-4-6-11(7-5-10)16-14(13(18)19)8-2-1-3-9-14/h4-7,16H,1-3,8-9H2,(H2,15,17)(H,18,19). The summed E-state index contributed by atoms with van der Waals surface area (Å²) in [5, 5.41) is 12.6. The molecule has 0 aromatic heterocycles. The molecule has 0 atom stereocenters. The van der Waals surface area contributed by atoms with E-state index >= 15 is 0 Å². The number of amides is 1. The number of carboxylic acid groups (broad SMARTS) is 1. The first-order valence-electron chi connectivity index (χ1n) is 6.45. The van der Waals surface area contributed by atoms with E-state index in [2.05, 4.69) is 5.32 Å². The molecule has 0 heterocycles. The largest absolute Gasteiger partial charge is 0.480 e. The van der Waals surface area contributed by atoms with Crippen molar-refractivity contribution in [2.45, 2.75) is 37.6 Å². The molecule has 0 radical (unpaired) electrons. The molecule has 1 amide bonds. The molecule has 4 N–H and O–H groups in total. The van der Waals surface area contributed by atoms with Gasteiger partial charge in [0, 0.05) is 11.3 Å². The van der Waals surface area contributed by atoms with E-state index in [-0.39, 0.29) is 0 Å². The smallest absolute Gasteiger partial charge is 0.329 e. The number of carbonyl (C=O) groups is 2. The van der Waals surface area contributed by atoms with E-state index in [1.165, 1.54) is 0 Å². The van der Waals surface area contributed by atoms with Crippen molar-refractivity contribution in [1.82, 2.24) is 0 Å². The number of nitrogens with two attached hydrogens (primary N) is 1. The number of primary amides is 1. The van der Waals surface area contributed by atoms with Gasteiger partial charge in [-0.25, -0.2) is 4.79 Å². The molecule has 0 spiro atoms. The van der Waals surface area contributed by atoms with E-state index in [9.17, 15) is 14.7 Å². The Morgan fingerprint density at radius 1 is 1.11 bits per heavy atom. The van der Waals surface area contributed by atoms with Crippen LogP contribution in [0.25, 0.3) is 0 Å². The van der Waals surface area contributed by atoms with E-state index in [1.807, 2.05) is 0 Å². The first-order chi connectivity index (χ1) is 9.03. The van der Waals surface area contributed by atoms with Gasteiger partial charge in [0.1, 0.15) is 5.54 Å². The van der Waals surface area contributed by atoms with Gasteiger partial charge in [0.05, 0.1) is 0 Å². The molecule has 0 aliphatic heterocycles. The van der Waals surface area contributed by atoms with Crippen molar-refractivity contribution < 1.29 is 14.7 Å². The third-order valence-electron chi connectivity index (χ3n) is 3.67. The van der Waals surface area contributed by atoms with Gasteiger partial charge in [0.25, 0.3) is 0 Å². The van der Waals surface area contributed by atoms with Gasteiger partial charge in [-0.05, 0) is 37.1 Å². The Morgan fingerprint density at radius 2 is 1.68 bits per heavy atom. The van der Waals surface area contributed by atoms with Crippen LogP contribution in [0.2, 0.25) is 0 Å². The highest BCUT2D eigenvalue weighted by molar-refractivity contribution is 5.93. The Kier molecular flexibility index (Phi) is 3.74. The zero-order chi connectivity index (χ0) is 13.9. The van der Waals surface area contributed by atoms with Crippen LogP contribution in [0.3, 0.4) is 0 Å². The fourth-order valence-electron chi connectivity index (χ4n) is 2.54. The van der Waals surface area contributed by atoms with Crippen LogP contribution in [-0.4, -0.2) is 22.5 Å². The molecule has 19 heavy (non-hydrogen) atoms. The van der Waals surface area contributed by atoms with Crippen molar-refractivity contribution in [3.8, 4) is 0 Å². The molecule has 1 aliphatic carbocycles. The number of carbonyl (C=O) groups excluding carboxylic acids is 1. The second kappa shape index (κ2) is 5.30. The van der Waals surface area contributed by atoms with Gasteiger partial charge >= 0.3 is 5.97 Å². The lowest BCUT2D eigenvalue weighted by Crippen LogP contribution is -2.47. The number of nitrogens with one attached hydrogen (secondary N) is 1. The average Bonchev–Trinajstić information content (AvgIpc) is 2.40. The van der Waals surface area contributed by atoms with Crippen LogP contribution in [0.4, 0.5) is 5.69 Å².